The number of nitrogens with one attached hydrogen (secondary N) is 1. The Kier molecular flexibility index (Phi) is 3.62. The number of para-hydroxylation sites is 4. The first-order valence-corrected chi connectivity index (χ1v) is 10.2. The molecule has 4 nitrogen and oxygen atoms in total. The van der Waals surface area contributed by atoms with Crippen LogP contribution in [0.5, 0.6) is 0 Å². The zero-order valence-corrected chi connectivity index (χ0v) is 17.0. The van der Waals surface area contributed by atoms with E-state index in [1.807, 2.05) is 6.07 Å². The van der Waals surface area contributed by atoms with Gasteiger partial charge < -0.3 is 14.1 Å². The van der Waals surface area contributed by atoms with Gasteiger partial charge in [-0.05, 0) is 35.4 Å². The molecular formula is C26H22N4. The van der Waals surface area contributed by atoms with Crippen LogP contribution in [-0.4, -0.2) is 19.1 Å². The Morgan fingerprint density at radius 3 is 1.83 bits per heavy atom. The number of hydrogen-bond donors (Lipinski definition) is 1. The summed E-state index contributed by atoms with van der Waals surface area (Å²) in [6.07, 6.45) is 4.51. The zero-order valence-electron chi connectivity index (χ0n) is 17.0. The second-order valence-electron chi connectivity index (χ2n) is 8.00. The van der Waals surface area contributed by atoms with Gasteiger partial charge in [0.2, 0.25) is 0 Å². The summed E-state index contributed by atoms with van der Waals surface area (Å²) in [7, 11) is 4.23. The highest BCUT2D eigenvalue weighted by Gasteiger charge is 2.27. The number of aromatic amines is 1. The highest BCUT2D eigenvalue weighted by atomic mass is 15.0. The molecule has 0 aliphatic carbocycles. The van der Waals surface area contributed by atoms with Gasteiger partial charge in [0, 0.05) is 48.3 Å². The molecule has 0 radical (unpaired) electrons. The van der Waals surface area contributed by atoms with Gasteiger partial charge >= 0.3 is 0 Å². The van der Waals surface area contributed by atoms with Crippen LogP contribution in [0.25, 0.3) is 32.8 Å². The topological polar surface area (TPSA) is 38.5 Å². The summed E-state index contributed by atoms with van der Waals surface area (Å²) in [6.45, 7) is 0. The Morgan fingerprint density at radius 1 is 0.700 bits per heavy atom. The van der Waals surface area contributed by atoms with Crippen molar-refractivity contribution in [3.05, 3.63) is 102 Å². The molecule has 0 aliphatic rings. The summed E-state index contributed by atoms with van der Waals surface area (Å²) in [5.41, 5.74) is 7.06. The van der Waals surface area contributed by atoms with Gasteiger partial charge in [0.1, 0.15) is 5.82 Å². The fourth-order valence-electron chi connectivity index (χ4n) is 4.78. The Morgan fingerprint density at radius 2 is 1.23 bits per heavy atom. The predicted octanol–water partition coefficient (Wildman–Crippen LogP) is 5.73. The zero-order chi connectivity index (χ0) is 20.2. The third-order valence-electron chi connectivity index (χ3n) is 6.16. The maximum atomic E-state index is 5.02. The van der Waals surface area contributed by atoms with Crippen molar-refractivity contribution in [1.82, 2.24) is 19.1 Å². The molecule has 0 bridgehead atoms. The molecular weight excluding hydrogens is 368 g/mol. The number of benzene rings is 3. The van der Waals surface area contributed by atoms with Crippen LogP contribution in [0.3, 0.4) is 0 Å². The van der Waals surface area contributed by atoms with Gasteiger partial charge in [-0.25, -0.2) is 4.98 Å². The maximum Gasteiger partial charge on any atom is 0.119 e. The van der Waals surface area contributed by atoms with Crippen LogP contribution in [0, 0.1) is 0 Å². The first-order chi connectivity index (χ1) is 14.7. The van der Waals surface area contributed by atoms with E-state index >= 15 is 0 Å². The van der Waals surface area contributed by atoms with Crippen LogP contribution >= 0.6 is 0 Å². The summed E-state index contributed by atoms with van der Waals surface area (Å²) in [5, 5.41) is 2.52. The SMILES string of the molecule is Cn1cc(C(c2nc3ccccc3[nH]2)c2cn(C)c3ccccc23)c2ccccc21. The minimum atomic E-state index is 0.00889. The minimum absolute atomic E-state index is 0.00889. The number of nitrogens with zero attached hydrogens (tertiary/aromatic N) is 3. The molecule has 0 fully saturated rings. The monoisotopic (exact) mass is 390 g/mol. The van der Waals surface area contributed by atoms with Crippen LogP contribution in [0.1, 0.15) is 22.9 Å². The average Bonchev–Trinajstić information content (AvgIpc) is 3.44. The number of imidazole rings is 1. The fourth-order valence-corrected chi connectivity index (χ4v) is 4.78. The lowest BCUT2D eigenvalue weighted by molar-refractivity contribution is 0.870. The third kappa shape index (κ3) is 2.43. The smallest absolute Gasteiger partial charge is 0.119 e. The van der Waals surface area contributed by atoms with Crippen molar-refractivity contribution in [2.75, 3.05) is 0 Å². The van der Waals surface area contributed by atoms with Crippen molar-refractivity contribution in [3.8, 4) is 0 Å². The maximum absolute atomic E-state index is 5.02. The standard InChI is InChI=1S/C26H22N4/c1-29-15-19(17-9-3-7-13-23(17)29)25(26-27-21-11-5-6-12-22(21)28-26)20-16-30(2)24-14-8-4-10-18(20)24/h3-16,25H,1-2H3,(H,27,28). The van der Waals surface area contributed by atoms with Gasteiger partial charge in [0.25, 0.3) is 0 Å². The van der Waals surface area contributed by atoms with E-state index in [0.717, 1.165) is 16.9 Å². The highest BCUT2D eigenvalue weighted by molar-refractivity contribution is 5.90. The Labute approximate surface area is 174 Å². The molecule has 0 spiro atoms. The molecule has 3 heterocycles. The van der Waals surface area contributed by atoms with Gasteiger partial charge in [-0.3, -0.25) is 0 Å². The molecule has 146 valence electrons. The normalized spacial score (nSPS) is 12.0. The lowest BCUT2D eigenvalue weighted by Crippen LogP contribution is -2.05. The van der Waals surface area contributed by atoms with Crippen molar-refractivity contribution >= 4 is 32.8 Å². The molecule has 1 N–H and O–H groups in total. The Balaban J connectivity index is 1.70. The van der Waals surface area contributed by atoms with E-state index in [9.17, 15) is 0 Å². The second kappa shape index (κ2) is 6.36. The average molecular weight is 390 g/mol. The minimum Gasteiger partial charge on any atom is -0.350 e. The van der Waals surface area contributed by atoms with Crippen LogP contribution in [-0.2, 0) is 14.1 Å². The molecule has 6 aromatic rings. The van der Waals surface area contributed by atoms with Crippen molar-refractivity contribution in [2.24, 2.45) is 14.1 Å². The van der Waals surface area contributed by atoms with Gasteiger partial charge in [-0.15, -0.1) is 0 Å². The van der Waals surface area contributed by atoms with Gasteiger partial charge in [0.05, 0.1) is 17.0 Å². The second-order valence-corrected chi connectivity index (χ2v) is 8.00. The largest absolute Gasteiger partial charge is 0.350 e. The predicted molar refractivity (Wildman–Crippen MR) is 123 cm³/mol. The molecule has 4 heteroatoms. The summed E-state index contributed by atoms with van der Waals surface area (Å²) < 4.78 is 4.43. The molecule has 6 rings (SSSR count). The van der Waals surface area contributed by atoms with E-state index in [1.165, 1.54) is 32.9 Å². The van der Waals surface area contributed by atoms with Gasteiger partial charge in [0.15, 0.2) is 0 Å². The molecule has 0 saturated heterocycles. The first kappa shape index (κ1) is 17.1. The fraction of sp³-hybridized carbons (Fsp3) is 0.115. The van der Waals surface area contributed by atoms with E-state index in [4.69, 9.17) is 4.98 Å². The number of aromatic nitrogens is 4. The van der Waals surface area contributed by atoms with Crippen molar-refractivity contribution in [1.29, 1.82) is 0 Å². The summed E-state index contributed by atoms with van der Waals surface area (Å²) in [4.78, 5) is 8.63. The quantitative estimate of drug-likeness (QED) is 0.412. The highest BCUT2D eigenvalue weighted by Crippen LogP contribution is 2.40. The van der Waals surface area contributed by atoms with Gasteiger partial charge in [-0.2, -0.15) is 0 Å². The van der Waals surface area contributed by atoms with Crippen LogP contribution < -0.4 is 0 Å². The number of H-pyrrole nitrogens is 1. The number of fused-ring (bicyclic) bond motifs is 3. The molecule has 30 heavy (non-hydrogen) atoms. The third-order valence-corrected chi connectivity index (χ3v) is 6.16. The molecule has 3 aromatic carbocycles. The lowest BCUT2D eigenvalue weighted by atomic mass is 9.90. The molecule has 3 aromatic heterocycles. The van der Waals surface area contributed by atoms with Crippen LogP contribution in [0.15, 0.2) is 85.2 Å². The summed E-state index contributed by atoms with van der Waals surface area (Å²) in [5.74, 6) is 0.985. The number of hydrogen-bond acceptors (Lipinski definition) is 1. The molecule has 0 saturated carbocycles. The Bertz CT molecular complexity index is 1420. The molecule has 0 unspecified atom stereocenters. The lowest BCUT2D eigenvalue weighted by Gasteiger charge is -2.14. The van der Waals surface area contributed by atoms with E-state index in [-0.39, 0.29) is 5.92 Å². The van der Waals surface area contributed by atoms with E-state index in [2.05, 4.69) is 107 Å². The van der Waals surface area contributed by atoms with Crippen molar-refractivity contribution in [2.45, 2.75) is 5.92 Å². The van der Waals surface area contributed by atoms with Crippen LogP contribution in [0.2, 0.25) is 0 Å². The van der Waals surface area contributed by atoms with E-state index in [0.29, 0.717) is 0 Å². The summed E-state index contributed by atoms with van der Waals surface area (Å²) in [6, 6.07) is 25.5. The number of rotatable bonds is 3. The Hall–Kier alpha value is -3.79. The summed E-state index contributed by atoms with van der Waals surface area (Å²) >= 11 is 0. The van der Waals surface area contributed by atoms with Crippen LogP contribution in [0.4, 0.5) is 0 Å². The van der Waals surface area contributed by atoms with E-state index < -0.39 is 0 Å². The van der Waals surface area contributed by atoms with Gasteiger partial charge in [-0.1, -0.05) is 48.5 Å². The van der Waals surface area contributed by atoms with Crippen molar-refractivity contribution in [3.63, 3.8) is 0 Å². The first-order valence-electron chi connectivity index (χ1n) is 10.2. The number of aryl methyl sites for hydroxylation is 2. The molecule has 0 amide bonds. The van der Waals surface area contributed by atoms with Crippen molar-refractivity contribution < 1.29 is 0 Å². The molecule has 0 atom stereocenters. The molecule has 0 aliphatic heterocycles. The van der Waals surface area contributed by atoms with E-state index in [1.54, 1.807) is 0 Å².